The fraction of sp³-hybridized carbons (Fsp3) is 0.222. The minimum Gasteiger partial charge on any atom is -0.323 e. The Labute approximate surface area is 153 Å². The topological polar surface area (TPSA) is 92.5 Å². The first-order chi connectivity index (χ1) is 12.4. The monoisotopic (exact) mass is 369 g/mol. The van der Waals surface area contributed by atoms with Gasteiger partial charge in [0.05, 0.1) is 16.3 Å². The number of amides is 2. The average Bonchev–Trinajstić information content (AvgIpc) is 3.12. The second-order valence-electron chi connectivity index (χ2n) is 6.29. The van der Waals surface area contributed by atoms with Crippen molar-refractivity contribution in [2.24, 2.45) is 0 Å². The van der Waals surface area contributed by atoms with Crippen molar-refractivity contribution < 1.29 is 14.5 Å². The van der Waals surface area contributed by atoms with Crippen LogP contribution in [0.15, 0.2) is 47.4 Å². The second kappa shape index (κ2) is 5.84. The molecular formula is C18H15N3O4S. The van der Waals surface area contributed by atoms with Crippen LogP contribution in [0.5, 0.6) is 0 Å². The molecule has 1 atom stereocenters. The number of hydrogen-bond acceptors (Lipinski definition) is 5. The number of rotatable bonds is 3. The molecule has 2 aromatic rings. The molecule has 0 aromatic heterocycles. The van der Waals surface area contributed by atoms with Gasteiger partial charge in [-0.05, 0) is 31.0 Å². The average molecular weight is 369 g/mol. The molecular weight excluding hydrogens is 354 g/mol. The van der Waals surface area contributed by atoms with Gasteiger partial charge in [0, 0.05) is 23.4 Å². The molecule has 2 aliphatic heterocycles. The summed E-state index contributed by atoms with van der Waals surface area (Å²) in [6, 6.07) is 11.8. The van der Waals surface area contributed by atoms with E-state index < -0.39 is 9.79 Å². The van der Waals surface area contributed by atoms with Gasteiger partial charge in [-0.3, -0.25) is 24.6 Å². The first kappa shape index (κ1) is 16.6. The van der Waals surface area contributed by atoms with Gasteiger partial charge in [0.1, 0.15) is 0 Å². The number of carbonyl (C=O) groups excluding carboxylic acids is 2. The third kappa shape index (κ3) is 2.37. The highest BCUT2D eigenvalue weighted by atomic mass is 32.2. The molecule has 0 saturated carbocycles. The van der Waals surface area contributed by atoms with Gasteiger partial charge in [-0.25, -0.2) is 0 Å². The van der Waals surface area contributed by atoms with Gasteiger partial charge in [-0.2, -0.15) is 0 Å². The molecule has 2 aromatic carbocycles. The van der Waals surface area contributed by atoms with E-state index in [1.807, 2.05) is 24.3 Å². The molecule has 1 saturated heterocycles. The number of anilines is 2. The van der Waals surface area contributed by atoms with Gasteiger partial charge >= 0.3 is 0 Å². The largest absolute Gasteiger partial charge is 0.323 e. The smallest absolute Gasteiger partial charge is 0.271 e. The van der Waals surface area contributed by atoms with Crippen molar-refractivity contribution in [1.29, 1.82) is 0 Å². The predicted octanol–water partition coefficient (Wildman–Crippen LogP) is 3.47. The van der Waals surface area contributed by atoms with Gasteiger partial charge in [-0.15, -0.1) is 0 Å². The lowest BCUT2D eigenvalue weighted by Crippen LogP contribution is -2.49. The lowest BCUT2D eigenvalue weighted by atomic mass is 10.1. The number of nitrogens with one attached hydrogen (secondary N) is 1. The summed E-state index contributed by atoms with van der Waals surface area (Å²) in [5.74, 6) is -0.429. The third-order valence-electron chi connectivity index (χ3n) is 4.71. The maximum atomic E-state index is 13.2. The highest BCUT2D eigenvalue weighted by molar-refractivity contribution is 8.02. The summed E-state index contributed by atoms with van der Waals surface area (Å²) in [5.41, 5.74) is 1.75. The Bertz CT molecular complexity index is 961. The molecule has 132 valence electrons. The quantitative estimate of drug-likeness (QED) is 0.660. The minimum atomic E-state index is -1.04. The number of nitro groups is 1. The maximum Gasteiger partial charge on any atom is 0.271 e. The number of fused-ring (bicyclic) bond motifs is 3. The zero-order valence-electron chi connectivity index (χ0n) is 13.9. The van der Waals surface area contributed by atoms with Crippen LogP contribution in [0, 0.1) is 17.0 Å². The molecule has 2 amide bonds. The molecule has 0 aliphatic carbocycles. The molecule has 8 heteroatoms. The van der Waals surface area contributed by atoms with Crippen LogP contribution >= 0.6 is 11.8 Å². The highest BCUT2D eigenvalue weighted by Crippen LogP contribution is 2.56. The second-order valence-corrected chi connectivity index (χ2v) is 7.61. The SMILES string of the molecule is Cc1ccc([N+](=O)[O-])cc1NC(=O)C12CCC(=O)N1c1ccccc1S2. The molecule has 1 N–H and O–H groups in total. The summed E-state index contributed by atoms with van der Waals surface area (Å²) in [6.45, 7) is 1.77. The molecule has 2 heterocycles. The summed E-state index contributed by atoms with van der Waals surface area (Å²) < 4.78 is 0. The Morgan fingerprint density at radius 3 is 2.85 bits per heavy atom. The first-order valence-corrected chi connectivity index (χ1v) is 8.92. The van der Waals surface area contributed by atoms with Crippen molar-refractivity contribution in [3.63, 3.8) is 0 Å². The standard InChI is InChI=1S/C18H15N3O4S/c1-11-6-7-12(21(24)25)10-13(11)19-17(23)18-9-8-16(22)20(18)14-4-2-3-5-15(14)26-18/h2-7,10H,8-9H2,1H3,(H,19,23). The Hall–Kier alpha value is -2.87. The summed E-state index contributed by atoms with van der Waals surface area (Å²) >= 11 is 1.36. The Morgan fingerprint density at radius 2 is 2.08 bits per heavy atom. The van der Waals surface area contributed by atoms with Crippen molar-refractivity contribution in [2.75, 3.05) is 10.2 Å². The molecule has 4 rings (SSSR count). The number of non-ortho nitro benzene ring substituents is 1. The zero-order chi connectivity index (χ0) is 18.5. The Balaban J connectivity index is 1.70. The van der Waals surface area contributed by atoms with Gasteiger partial charge in [0.25, 0.3) is 11.6 Å². The summed E-state index contributed by atoms with van der Waals surface area (Å²) in [6.07, 6.45) is 0.688. The van der Waals surface area contributed by atoms with Crippen LogP contribution in [-0.2, 0) is 9.59 Å². The van der Waals surface area contributed by atoms with Gasteiger partial charge < -0.3 is 5.32 Å². The van der Waals surface area contributed by atoms with E-state index in [1.54, 1.807) is 17.9 Å². The van der Waals surface area contributed by atoms with E-state index in [2.05, 4.69) is 5.32 Å². The zero-order valence-corrected chi connectivity index (χ0v) is 14.7. The van der Waals surface area contributed by atoms with Crippen molar-refractivity contribution in [3.05, 3.63) is 58.1 Å². The third-order valence-corrected chi connectivity index (χ3v) is 6.18. The van der Waals surface area contributed by atoms with Crippen LogP contribution in [0.2, 0.25) is 0 Å². The summed E-state index contributed by atoms with van der Waals surface area (Å²) in [7, 11) is 0. The Kier molecular flexibility index (Phi) is 3.73. The van der Waals surface area contributed by atoms with Crippen molar-refractivity contribution >= 4 is 40.6 Å². The number of para-hydroxylation sites is 1. The maximum absolute atomic E-state index is 13.2. The van der Waals surface area contributed by atoms with Crippen LogP contribution in [0.1, 0.15) is 18.4 Å². The number of nitrogens with zero attached hydrogens (tertiary/aromatic N) is 2. The molecule has 1 unspecified atom stereocenters. The highest BCUT2D eigenvalue weighted by Gasteiger charge is 2.57. The molecule has 0 bridgehead atoms. The minimum absolute atomic E-state index is 0.0895. The lowest BCUT2D eigenvalue weighted by Gasteiger charge is -2.29. The molecule has 2 aliphatic rings. The normalized spacial score (nSPS) is 20.7. The van der Waals surface area contributed by atoms with E-state index in [-0.39, 0.29) is 17.5 Å². The predicted molar refractivity (Wildman–Crippen MR) is 98.2 cm³/mol. The van der Waals surface area contributed by atoms with E-state index >= 15 is 0 Å². The number of hydrogen-bond donors (Lipinski definition) is 1. The number of nitro benzene ring substituents is 1. The lowest BCUT2D eigenvalue weighted by molar-refractivity contribution is -0.384. The fourth-order valence-electron chi connectivity index (χ4n) is 3.38. The molecule has 26 heavy (non-hydrogen) atoms. The summed E-state index contributed by atoms with van der Waals surface area (Å²) in [5, 5.41) is 13.8. The van der Waals surface area contributed by atoms with E-state index in [9.17, 15) is 19.7 Å². The Morgan fingerprint density at radius 1 is 1.31 bits per heavy atom. The van der Waals surface area contributed by atoms with E-state index in [4.69, 9.17) is 0 Å². The van der Waals surface area contributed by atoms with Gasteiger partial charge in [0.2, 0.25) is 5.91 Å². The van der Waals surface area contributed by atoms with Crippen LogP contribution in [0.4, 0.5) is 17.1 Å². The number of aryl methyl sites for hydroxylation is 1. The van der Waals surface area contributed by atoms with E-state index in [1.165, 1.54) is 23.9 Å². The molecule has 1 fully saturated rings. The first-order valence-electron chi connectivity index (χ1n) is 8.10. The van der Waals surface area contributed by atoms with Crippen molar-refractivity contribution in [3.8, 4) is 0 Å². The van der Waals surface area contributed by atoms with Crippen molar-refractivity contribution in [2.45, 2.75) is 29.5 Å². The van der Waals surface area contributed by atoms with Crippen LogP contribution in [-0.4, -0.2) is 21.6 Å². The molecule has 7 nitrogen and oxygen atoms in total. The van der Waals surface area contributed by atoms with Crippen LogP contribution < -0.4 is 10.2 Å². The molecule has 0 spiro atoms. The fourth-order valence-corrected chi connectivity index (χ4v) is 4.79. The van der Waals surface area contributed by atoms with E-state index in [0.29, 0.717) is 18.5 Å². The van der Waals surface area contributed by atoms with Crippen LogP contribution in [0.3, 0.4) is 0 Å². The number of thioether (sulfide) groups is 1. The van der Waals surface area contributed by atoms with Gasteiger partial charge in [-0.1, -0.05) is 30.0 Å². The van der Waals surface area contributed by atoms with Crippen molar-refractivity contribution in [1.82, 2.24) is 0 Å². The number of carbonyl (C=O) groups is 2. The van der Waals surface area contributed by atoms with E-state index in [0.717, 1.165) is 16.1 Å². The van der Waals surface area contributed by atoms with Gasteiger partial charge in [0.15, 0.2) is 4.87 Å². The molecule has 0 radical (unpaired) electrons. The summed E-state index contributed by atoms with van der Waals surface area (Å²) in [4.78, 5) is 37.5. The van der Waals surface area contributed by atoms with Crippen LogP contribution in [0.25, 0.3) is 0 Å². The number of benzene rings is 2.